The Morgan fingerprint density at radius 3 is 2.75 bits per heavy atom. The number of amides is 1. The van der Waals surface area contributed by atoms with E-state index in [1.165, 1.54) is 0 Å². The zero-order chi connectivity index (χ0) is 15.2. The Bertz CT molecular complexity index is 423. The molecule has 1 aromatic heterocycles. The molecular formula is C14H26N4O2. The molecule has 0 aliphatic rings. The summed E-state index contributed by atoms with van der Waals surface area (Å²) in [6, 6.07) is 0.160. The van der Waals surface area contributed by atoms with Gasteiger partial charge in [-0.2, -0.15) is 5.10 Å². The van der Waals surface area contributed by atoms with Gasteiger partial charge in [0, 0.05) is 37.4 Å². The third-order valence-electron chi connectivity index (χ3n) is 2.62. The summed E-state index contributed by atoms with van der Waals surface area (Å²) in [5.74, 6) is 0. The minimum absolute atomic E-state index is 0.160. The summed E-state index contributed by atoms with van der Waals surface area (Å²) in [4.78, 5) is 11.5. The fourth-order valence-corrected chi connectivity index (χ4v) is 1.59. The van der Waals surface area contributed by atoms with Crippen molar-refractivity contribution in [1.82, 2.24) is 20.4 Å². The summed E-state index contributed by atoms with van der Waals surface area (Å²) < 4.78 is 7.07. The van der Waals surface area contributed by atoms with Gasteiger partial charge in [0.05, 0.1) is 6.20 Å². The fourth-order valence-electron chi connectivity index (χ4n) is 1.59. The maximum Gasteiger partial charge on any atom is 0.407 e. The molecule has 1 heterocycles. The van der Waals surface area contributed by atoms with E-state index in [1.54, 1.807) is 0 Å². The molecule has 1 rings (SSSR count). The molecule has 1 unspecified atom stereocenters. The molecule has 2 N–H and O–H groups in total. The number of ether oxygens (including phenoxy) is 1. The molecule has 1 amide bonds. The van der Waals surface area contributed by atoms with E-state index in [4.69, 9.17) is 4.74 Å². The van der Waals surface area contributed by atoms with Crippen molar-refractivity contribution < 1.29 is 9.53 Å². The third-order valence-corrected chi connectivity index (χ3v) is 2.62. The first-order valence-corrected chi connectivity index (χ1v) is 7.01. The van der Waals surface area contributed by atoms with E-state index in [-0.39, 0.29) is 12.1 Å². The smallest absolute Gasteiger partial charge is 0.407 e. The first-order chi connectivity index (χ1) is 9.30. The van der Waals surface area contributed by atoms with E-state index in [0.29, 0.717) is 6.54 Å². The van der Waals surface area contributed by atoms with Crippen LogP contribution in [-0.4, -0.2) is 34.1 Å². The Morgan fingerprint density at radius 2 is 2.20 bits per heavy atom. The molecule has 20 heavy (non-hydrogen) atoms. The number of nitrogens with zero attached hydrogens (tertiary/aromatic N) is 2. The molecule has 0 fully saturated rings. The normalized spacial score (nSPS) is 13.1. The topological polar surface area (TPSA) is 68.2 Å². The SMILES string of the molecule is CCn1cc(CNC(C)CNC(=O)OC(C)(C)C)cn1. The van der Waals surface area contributed by atoms with Crippen LogP contribution in [-0.2, 0) is 17.8 Å². The third kappa shape index (κ3) is 6.56. The van der Waals surface area contributed by atoms with E-state index >= 15 is 0 Å². The van der Waals surface area contributed by atoms with E-state index in [9.17, 15) is 4.79 Å². The van der Waals surface area contributed by atoms with Crippen LogP contribution in [0.2, 0.25) is 0 Å². The zero-order valence-corrected chi connectivity index (χ0v) is 13.1. The van der Waals surface area contributed by atoms with Crippen molar-refractivity contribution in [3.05, 3.63) is 18.0 Å². The van der Waals surface area contributed by atoms with Crippen LogP contribution >= 0.6 is 0 Å². The molecule has 1 aromatic rings. The highest BCUT2D eigenvalue weighted by atomic mass is 16.6. The largest absolute Gasteiger partial charge is 0.444 e. The molecule has 0 aliphatic heterocycles. The van der Waals surface area contributed by atoms with Crippen LogP contribution in [0.1, 0.15) is 40.2 Å². The van der Waals surface area contributed by atoms with Gasteiger partial charge >= 0.3 is 6.09 Å². The second-order valence-corrected chi connectivity index (χ2v) is 5.87. The highest BCUT2D eigenvalue weighted by Gasteiger charge is 2.16. The second-order valence-electron chi connectivity index (χ2n) is 5.87. The van der Waals surface area contributed by atoms with Gasteiger partial charge in [-0.05, 0) is 34.6 Å². The highest BCUT2D eigenvalue weighted by molar-refractivity contribution is 5.67. The minimum atomic E-state index is -0.463. The average molecular weight is 282 g/mol. The second kappa shape index (κ2) is 7.28. The summed E-state index contributed by atoms with van der Waals surface area (Å²) >= 11 is 0. The summed E-state index contributed by atoms with van der Waals surface area (Å²) in [5, 5.41) is 10.3. The van der Waals surface area contributed by atoms with E-state index in [2.05, 4.69) is 22.7 Å². The number of carbonyl (C=O) groups excluding carboxylic acids is 1. The maximum absolute atomic E-state index is 11.5. The van der Waals surface area contributed by atoms with Gasteiger partial charge < -0.3 is 15.4 Å². The van der Waals surface area contributed by atoms with Crippen molar-refractivity contribution in [3.63, 3.8) is 0 Å². The number of aromatic nitrogens is 2. The average Bonchev–Trinajstić information content (AvgIpc) is 2.79. The summed E-state index contributed by atoms with van der Waals surface area (Å²) in [7, 11) is 0. The van der Waals surface area contributed by atoms with Gasteiger partial charge in [-0.1, -0.05) is 0 Å². The van der Waals surface area contributed by atoms with Gasteiger partial charge in [0.15, 0.2) is 0 Å². The van der Waals surface area contributed by atoms with Gasteiger partial charge in [0.1, 0.15) is 5.60 Å². The van der Waals surface area contributed by atoms with E-state index in [0.717, 1.165) is 18.7 Å². The summed E-state index contributed by atoms with van der Waals surface area (Å²) in [6.07, 6.45) is 3.48. The quantitative estimate of drug-likeness (QED) is 0.836. The van der Waals surface area contributed by atoms with Gasteiger partial charge in [0.25, 0.3) is 0 Å². The number of nitrogens with one attached hydrogen (secondary N) is 2. The molecule has 6 nitrogen and oxygen atoms in total. The predicted molar refractivity (Wildman–Crippen MR) is 78.4 cm³/mol. The molecule has 1 atom stereocenters. The fraction of sp³-hybridized carbons (Fsp3) is 0.714. The summed E-state index contributed by atoms with van der Waals surface area (Å²) in [6.45, 7) is 11.7. The Labute approximate surface area is 120 Å². The zero-order valence-electron chi connectivity index (χ0n) is 13.1. The van der Waals surface area contributed by atoms with Crippen molar-refractivity contribution in [1.29, 1.82) is 0 Å². The number of aryl methyl sites for hydroxylation is 1. The Balaban J connectivity index is 2.23. The maximum atomic E-state index is 11.5. The molecule has 0 spiro atoms. The first-order valence-electron chi connectivity index (χ1n) is 7.01. The Hall–Kier alpha value is -1.56. The first kappa shape index (κ1) is 16.5. The van der Waals surface area contributed by atoms with Crippen LogP contribution in [0.4, 0.5) is 4.79 Å². The van der Waals surface area contributed by atoms with Crippen LogP contribution in [0.3, 0.4) is 0 Å². The van der Waals surface area contributed by atoms with Gasteiger partial charge in [-0.15, -0.1) is 0 Å². The highest BCUT2D eigenvalue weighted by Crippen LogP contribution is 2.06. The molecule has 6 heteroatoms. The van der Waals surface area contributed by atoms with Gasteiger partial charge in [0.2, 0.25) is 0 Å². The molecule has 0 saturated carbocycles. The molecule has 0 aromatic carbocycles. The van der Waals surface area contributed by atoms with E-state index < -0.39 is 5.60 Å². The van der Waals surface area contributed by atoms with Crippen molar-refractivity contribution in [3.8, 4) is 0 Å². The molecule has 0 saturated heterocycles. The standard InChI is InChI=1S/C14H26N4O2/c1-6-18-10-12(9-17-18)8-15-11(2)7-16-13(19)20-14(3,4)5/h9-11,15H,6-8H2,1-5H3,(H,16,19). The van der Waals surface area contributed by atoms with Crippen molar-refractivity contribution >= 4 is 6.09 Å². The van der Waals surface area contributed by atoms with Crippen molar-refractivity contribution in [2.45, 2.75) is 59.4 Å². The predicted octanol–water partition coefficient (Wildman–Crippen LogP) is 1.91. The molecule has 114 valence electrons. The van der Waals surface area contributed by atoms with Crippen LogP contribution in [0.15, 0.2) is 12.4 Å². The van der Waals surface area contributed by atoms with Crippen molar-refractivity contribution in [2.24, 2.45) is 0 Å². The van der Waals surface area contributed by atoms with Crippen LogP contribution in [0.5, 0.6) is 0 Å². The van der Waals surface area contributed by atoms with Crippen LogP contribution < -0.4 is 10.6 Å². The number of alkyl carbamates (subject to hydrolysis) is 1. The number of hydrogen-bond donors (Lipinski definition) is 2. The van der Waals surface area contributed by atoms with Gasteiger partial charge in [-0.25, -0.2) is 4.79 Å². The number of carbonyl (C=O) groups is 1. The lowest BCUT2D eigenvalue weighted by atomic mass is 10.2. The molecule has 0 bridgehead atoms. The molecular weight excluding hydrogens is 256 g/mol. The van der Waals surface area contributed by atoms with Gasteiger partial charge in [-0.3, -0.25) is 4.68 Å². The minimum Gasteiger partial charge on any atom is -0.444 e. The lowest BCUT2D eigenvalue weighted by Crippen LogP contribution is -2.40. The monoisotopic (exact) mass is 282 g/mol. The Kier molecular flexibility index (Phi) is 6.01. The van der Waals surface area contributed by atoms with Crippen LogP contribution in [0, 0.1) is 0 Å². The molecule has 0 radical (unpaired) electrons. The number of hydrogen-bond acceptors (Lipinski definition) is 4. The lowest BCUT2D eigenvalue weighted by molar-refractivity contribution is 0.0523. The van der Waals surface area contributed by atoms with Crippen LogP contribution in [0.25, 0.3) is 0 Å². The number of rotatable bonds is 6. The molecule has 0 aliphatic carbocycles. The van der Waals surface area contributed by atoms with E-state index in [1.807, 2.05) is 44.8 Å². The Morgan fingerprint density at radius 1 is 1.50 bits per heavy atom. The van der Waals surface area contributed by atoms with Crippen molar-refractivity contribution in [2.75, 3.05) is 6.54 Å². The lowest BCUT2D eigenvalue weighted by Gasteiger charge is -2.21. The summed E-state index contributed by atoms with van der Waals surface area (Å²) in [5.41, 5.74) is 0.672.